The third kappa shape index (κ3) is 3.47. The summed E-state index contributed by atoms with van der Waals surface area (Å²) in [6, 6.07) is 7.20. The van der Waals surface area contributed by atoms with Crippen LogP contribution in [0.25, 0.3) is 0 Å². The number of aryl methyl sites for hydroxylation is 1. The van der Waals surface area contributed by atoms with Gasteiger partial charge in [-0.3, -0.25) is 4.79 Å². The number of primary amides is 1. The lowest BCUT2D eigenvalue weighted by Crippen LogP contribution is -2.46. The zero-order valence-corrected chi connectivity index (χ0v) is 11.1. The number of carbonyl (C=O) groups is 2. The second-order valence-electron chi connectivity index (χ2n) is 4.98. The van der Waals surface area contributed by atoms with E-state index in [4.69, 9.17) is 5.73 Å². The molecule has 102 valence electrons. The predicted octanol–water partition coefficient (Wildman–Crippen LogP) is 1.72. The van der Waals surface area contributed by atoms with Gasteiger partial charge < -0.3 is 16.0 Å². The summed E-state index contributed by atoms with van der Waals surface area (Å²) in [6.07, 6.45) is 1.61. The van der Waals surface area contributed by atoms with Gasteiger partial charge >= 0.3 is 6.03 Å². The maximum Gasteiger partial charge on any atom is 0.314 e. The van der Waals surface area contributed by atoms with Crippen molar-refractivity contribution in [2.75, 3.05) is 18.4 Å². The Kier molecular flexibility index (Phi) is 4.04. The van der Waals surface area contributed by atoms with E-state index in [-0.39, 0.29) is 11.8 Å². The Hall–Kier alpha value is -2.04. The molecule has 3 N–H and O–H groups in total. The molecule has 1 aromatic carbocycles. The van der Waals surface area contributed by atoms with Crippen molar-refractivity contribution >= 4 is 17.6 Å². The fraction of sp³-hybridized carbons (Fsp3) is 0.429. The Morgan fingerprint density at radius 2 is 2.00 bits per heavy atom. The number of carbonyl (C=O) groups excluding carboxylic acids is 2. The van der Waals surface area contributed by atoms with Gasteiger partial charge in [-0.2, -0.15) is 0 Å². The first-order chi connectivity index (χ1) is 9.06. The van der Waals surface area contributed by atoms with Crippen molar-refractivity contribution in [3.05, 3.63) is 29.8 Å². The lowest BCUT2D eigenvalue weighted by atomic mass is 9.97. The lowest BCUT2D eigenvalue weighted by Gasteiger charge is -2.30. The number of hydrogen-bond acceptors (Lipinski definition) is 2. The number of nitrogens with zero attached hydrogens (tertiary/aromatic N) is 1. The van der Waals surface area contributed by atoms with Crippen molar-refractivity contribution in [2.24, 2.45) is 11.7 Å². The third-order valence-electron chi connectivity index (χ3n) is 3.42. The number of benzene rings is 1. The van der Waals surface area contributed by atoms with Crippen LogP contribution >= 0.6 is 0 Å². The Morgan fingerprint density at radius 1 is 1.32 bits per heavy atom. The van der Waals surface area contributed by atoms with Crippen LogP contribution in [0.1, 0.15) is 18.4 Å². The highest BCUT2D eigenvalue weighted by atomic mass is 16.2. The molecular formula is C14H19N3O2. The van der Waals surface area contributed by atoms with Gasteiger partial charge in [0.25, 0.3) is 0 Å². The van der Waals surface area contributed by atoms with Crippen molar-refractivity contribution in [3.8, 4) is 0 Å². The summed E-state index contributed by atoms with van der Waals surface area (Å²) in [4.78, 5) is 24.8. The number of urea groups is 1. The van der Waals surface area contributed by atoms with E-state index >= 15 is 0 Å². The number of nitrogens with two attached hydrogens (primary N) is 1. The molecule has 0 radical (unpaired) electrons. The molecule has 1 saturated heterocycles. The van der Waals surface area contributed by atoms with Crippen LogP contribution < -0.4 is 11.1 Å². The van der Waals surface area contributed by atoms with Crippen LogP contribution in [0.5, 0.6) is 0 Å². The van der Waals surface area contributed by atoms with E-state index < -0.39 is 6.03 Å². The molecule has 1 aliphatic heterocycles. The fourth-order valence-electron chi connectivity index (χ4n) is 2.27. The van der Waals surface area contributed by atoms with E-state index in [0.29, 0.717) is 13.1 Å². The second-order valence-corrected chi connectivity index (χ2v) is 4.98. The van der Waals surface area contributed by atoms with Crippen LogP contribution in [0.3, 0.4) is 0 Å². The zero-order valence-electron chi connectivity index (χ0n) is 11.1. The first kappa shape index (κ1) is 13.4. The molecule has 0 aromatic heterocycles. The van der Waals surface area contributed by atoms with Gasteiger partial charge in [-0.05, 0) is 31.9 Å². The second kappa shape index (κ2) is 5.73. The molecule has 0 aliphatic carbocycles. The van der Waals surface area contributed by atoms with Crippen molar-refractivity contribution in [2.45, 2.75) is 19.8 Å². The molecular weight excluding hydrogens is 242 g/mol. The zero-order chi connectivity index (χ0) is 13.8. The SMILES string of the molecule is Cc1ccc(NC(=O)[C@@H]2CCCN(C(N)=O)C2)cc1. The van der Waals surface area contributed by atoms with E-state index in [1.165, 1.54) is 4.90 Å². The van der Waals surface area contributed by atoms with E-state index in [0.717, 1.165) is 24.1 Å². The molecule has 1 aliphatic rings. The molecule has 0 unspecified atom stereocenters. The molecule has 5 heteroatoms. The Balaban J connectivity index is 1.96. The minimum Gasteiger partial charge on any atom is -0.351 e. The molecule has 3 amide bonds. The van der Waals surface area contributed by atoms with Crippen molar-refractivity contribution in [1.82, 2.24) is 4.90 Å². The number of nitrogens with one attached hydrogen (secondary N) is 1. The van der Waals surface area contributed by atoms with E-state index in [1.807, 2.05) is 31.2 Å². The fourth-order valence-corrected chi connectivity index (χ4v) is 2.27. The highest BCUT2D eigenvalue weighted by Gasteiger charge is 2.27. The molecule has 0 bridgehead atoms. The normalized spacial score (nSPS) is 19.0. The predicted molar refractivity (Wildman–Crippen MR) is 73.7 cm³/mol. The van der Waals surface area contributed by atoms with Gasteiger partial charge in [-0.1, -0.05) is 17.7 Å². The molecule has 1 atom stereocenters. The Morgan fingerprint density at radius 3 is 2.63 bits per heavy atom. The lowest BCUT2D eigenvalue weighted by molar-refractivity contribution is -0.121. The van der Waals surface area contributed by atoms with Gasteiger partial charge in [-0.15, -0.1) is 0 Å². The molecule has 19 heavy (non-hydrogen) atoms. The molecule has 1 heterocycles. The van der Waals surface area contributed by atoms with E-state index in [1.54, 1.807) is 0 Å². The van der Waals surface area contributed by atoms with Gasteiger partial charge in [0.15, 0.2) is 0 Å². The first-order valence-electron chi connectivity index (χ1n) is 6.48. The highest BCUT2D eigenvalue weighted by molar-refractivity contribution is 5.93. The summed E-state index contributed by atoms with van der Waals surface area (Å²) in [7, 11) is 0. The molecule has 0 spiro atoms. The summed E-state index contributed by atoms with van der Waals surface area (Å²) in [6.45, 7) is 3.05. The number of anilines is 1. The largest absolute Gasteiger partial charge is 0.351 e. The highest BCUT2D eigenvalue weighted by Crippen LogP contribution is 2.18. The summed E-state index contributed by atoms with van der Waals surface area (Å²) in [5.41, 5.74) is 7.19. The average molecular weight is 261 g/mol. The Bertz CT molecular complexity index is 470. The van der Waals surface area contributed by atoms with Crippen LogP contribution in [0.15, 0.2) is 24.3 Å². The average Bonchev–Trinajstić information content (AvgIpc) is 2.41. The number of amides is 3. The number of rotatable bonds is 2. The van der Waals surface area contributed by atoms with Gasteiger partial charge in [0.2, 0.25) is 5.91 Å². The molecule has 1 aromatic rings. The van der Waals surface area contributed by atoms with Crippen LogP contribution in [0, 0.1) is 12.8 Å². The van der Waals surface area contributed by atoms with Gasteiger partial charge in [0, 0.05) is 18.8 Å². The minimum atomic E-state index is -0.451. The standard InChI is InChI=1S/C14H19N3O2/c1-10-4-6-12(7-5-10)16-13(18)11-3-2-8-17(9-11)14(15)19/h4-7,11H,2-3,8-9H2,1H3,(H2,15,19)(H,16,18)/t11-/m1/s1. The summed E-state index contributed by atoms with van der Waals surface area (Å²) < 4.78 is 0. The smallest absolute Gasteiger partial charge is 0.314 e. The maximum atomic E-state index is 12.1. The maximum absolute atomic E-state index is 12.1. The van der Waals surface area contributed by atoms with Crippen LogP contribution in [-0.2, 0) is 4.79 Å². The monoisotopic (exact) mass is 261 g/mol. The van der Waals surface area contributed by atoms with Gasteiger partial charge in [0.05, 0.1) is 5.92 Å². The van der Waals surface area contributed by atoms with E-state index in [9.17, 15) is 9.59 Å². The van der Waals surface area contributed by atoms with Gasteiger partial charge in [0.1, 0.15) is 0 Å². The summed E-state index contributed by atoms with van der Waals surface area (Å²) in [5, 5.41) is 2.88. The van der Waals surface area contributed by atoms with Crippen molar-refractivity contribution in [3.63, 3.8) is 0 Å². The minimum absolute atomic E-state index is 0.0465. The molecule has 0 saturated carbocycles. The summed E-state index contributed by atoms with van der Waals surface area (Å²) >= 11 is 0. The number of hydrogen-bond donors (Lipinski definition) is 2. The quantitative estimate of drug-likeness (QED) is 0.850. The first-order valence-corrected chi connectivity index (χ1v) is 6.48. The van der Waals surface area contributed by atoms with Crippen LogP contribution in [-0.4, -0.2) is 29.9 Å². The molecule has 2 rings (SSSR count). The third-order valence-corrected chi connectivity index (χ3v) is 3.42. The number of likely N-dealkylation sites (tertiary alicyclic amines) is 1. The van der Waals surface area contributed by atoms with Crippen molar-refractivity contribution in [1.29, 1.82) is 0 Å². The van der Waals surface area contributed by atoms with Gasteiger partial charge in [-0.25, -0.2) is 4.79 Å². The van der Waals surface area contributed by atoms with Crippen LogP contribution in [0.4, 0.5) is 10.5 Å². The molecule has 5 nitrogen and oxygen atoms in total. The van der Waals surface area contributed by atoms with E-state index in [2.05, 4.69) is 5.32 Å². The Labute approximate surface area is 112 Å². The van der Waals surface area contributed by atoms with Crippen LogP contribution in [0.2, 0.25) is 0 Å². The topological polar surface area (TPSA) is 75.4 Å². The summed E-state index contributed by atoms with van der Waals surface area (Å²) in [5.74, 6) is -0.225. The number of piperidine rings is 1. The molecule has 1 fully saturated rings. The van der Waals surface area contributed by atoms with Crippen molar-refractivity contribution < 1.29 is 9.59 Å².